The first-order valence-corrected chi connectivity index (χ1v) is 12.8. The summed E-state index contributed by atoms with van der Waals surface area (Å²) in [5.41, 5.74) is 2.51. The van der Waals surface area contributed by atoms with Crippen molar-refractivity contribution < 1.29 is 22.7 Å². The molecule has 1 amide bonds. The fourth-order valence-corrected chi connectivity index (χ4v) is 6.46. The summed E-state index contributed by atoms with van der Waals surface area (Å²) in [6, 6.07) is 4.64. The van der Waals surface area contributed by atoms with E-state index >= 15 is 0 Å². The second-order valence-electron chi connectivity index (χ2n) is 9.58. The number of amides is 1. The van der Waals surface area contributed by atoms with Gasteiger partial charge in [-0.15, -0.1) is 0 Å². The molecule has 0 saturated carbocycles. The average molecular weight is 474 g/mol. The van der Waals surface area contributed by atoms with E-state index < -0.39 is 15.9 Å². The quantitative estimate of drug-likeness (QED) is 0.661. The summed E-state index contributed by atoms with van der Waals surface area (Å²) in [7, 11) is -3.74. The monoisotopic (exact) mass is 473 g/mol. The van der Waals surface area contributed by atoms with E-state index in [2.05, 4.69) is 10.3 Å². The van der Waals surface area contributed by atoms with Crippen molar-refractivity contribution in [1.29, 1.82) is 0 Å². The van der Waals surface area contributed by atoms with E-state index in [1.165, 1.54) is 10.4 Å². The summed E-state index contributed by atoms with van der Waals surface area (Å²) in [6.07, 6.45) is 2.78. The van der Waals surface area contributed by atoms with Crippen molar-refractivity contribution in [2.24, 2.45) is 5.41 Å². The number of carbonyl (C=O) groups is 2. The zero-order chi connectivity index (χ0) is 24.0. The maximum Gasteiger partial charge on any atom is 0.272 e. The smallest absolute Gasteiger partial charge is 0.272 e. The zero-order valence-electron chi connectivity index (χ0n) is 19.6. The molecule has 2 aromatic rings. The van der Waals surface area contributed by atoms with Gasteiger partial charge in [0.05, 0.1) is 6.61 Å². The molecule has 9 heteroatoms. The van der Waals surface area contributed by atoms with Gasteiger partial charge >= 0.3 is 0 Å². The number of nitrogens with one attached hydrogen (secondary N) is 2. The fraction of sp³-hybridized carbons (Fsp3) is 0.500. The van der Waals surface area contributed by atoms with Crippen LogP contribution < -0.4 is 10.1 Å². The van der Waals surface area contributed by atoms with Crippen molar-refractivity contribution >= 4 is 27.4 Å². The second kappa shape index (κ2) is 8.61. The van der Waals surface area contributed by atoms with E-state index in [1.54, 1.807) is 26.0 Å². The maximum absolute atomic E-state index is 13.2. The lowest BCUT2D eigenvalue weighted by Crippen LogP contribution is -2.28. The third-order valence-corrected chi connectivity index (χ3v) is 8.23. The summed E-state index contributed by atoms with van der Waals surface area (Å²) in [5.74, 6) is -0.114. The van der Waals surface area contributed by atoms with Gasteiger partial charge in [0.25, 0.3) is 5.91 Å². The predicted molar refractivity (Wildman–Crippen MR) is 126 cm³/mol. The minimum atomic E-state index is -3.74. The topological polar surface area (TPSA) is 109 Å². The van der Waals surface area contributed by atoms with Gasteiger partial charge in [-0.25, -0.2) is 8.42 Å². The predicted octanol–water partition coefficient (Wildman–Crippen LogP) is 3.91. The Hall–Kier alpha value is -2.65. The molecule has 0 unspecified atom stereocenters. The van der Waals surface area contributed by atoms with E-state index in [0.29, 0.717) is 55.0 Å². The number of H-pyrrole nitrogens is 1. The van der Waals surface area contributed by atoms with Crippen molar-refractivity contribution in [1.82, 2.24) is 9.29 Å². The third-order valence-electron chi connectivity index (χ3n) is 6.31. The molecule has 2 aliphatic rings. The summed E-state index contributed by atoms with van der Waals surface area (Å²) in [5, 5.41) is 2.80. The number of carbonyl (C=O) groups excluding carboxylic acids is 2. The summed E-state index contributed by atoms with van der Waals surface area (Å²) in [4.78, 5) is 29.0. The third kappa shape index (κ3) is 4.44. The normalized spacial score (nSPS) is 18.2. The molecule has 1 aromatic carbocycles. The molecule has 1 aliphatic carbocycles. The number of benzene rings is 1. The Labute approximate surface area is 194 Å². The van der Waals surface area contributed by atoms with Crippen LogP contribution in [-0.4, -0.2) is 49.1 Å². The van der Waals surface area contributed by atoms with Crippen molar-refractivity contribution in [3.05, 3.63) is 40.7 Å². The Bertz CT molecular complexity index is 1210. The van der Waals surface area contributed by atoms with Crippen molar-refractivity contribution in [3.63, 3.8) is 0 Å². The number of Topliss-reactive ketones (excluding diaryl/α,β-unsaturated/α-hetero) is 1. The highest BCUT2D eigenvalue weighted by Gasteiger charge is 2.35. The Morgan fingerprint density at radius 1 is 1.21 bits per heavy atom. The summed E-state index contributed by atoms with van der Waals surface area (Å²) in [6.45, 7) is 8.90. The molecule has 1 saturated heterocycles. The van der Waals surface area contributed by atoms with E-state index in [-0.39, 0.29) is 21.8 Å². The molecule has 178 valence electrons. The van der Waals surface area contributed by atoms with Crippen molar-refractivity contribution in [2.75, 3.05) is 25.0 Å². The first-order chi connectivity index (χ1) is 15.5. The SMILES string of the molecule is CCOc1ccc(NC(=O)c2[nH]c3c(c2C)C(=O)CC(C)(C)C3)cc1S(=O)(=O)N1CCCC1. The van der Waals surface area contributed by atoms with Gasteiger partial charge in [0.1, 0.15) is 16.3 Å². The second-order valence-corrected chi connectivity index (χ2v) is 11.5. The van der Waals surface area contributed by atoms with E-state index in [4.69, 9.17) is 4.74 Å². The number of hydrogen-bond acceptors (Lipinski definition) is 5. The average Bonchev–Trinajstić information content (AvgIpc) is 3.37. The first-order valence-electron chi connectivity index (χ1n) is 11.4. The number of hydrogen-bond donors (Lipinski definition) is 2. The van der Waals surface area contributed by atoms with E-state index in [1.807, 2.05) is 13.8 Å². The summed E-state index contributed by atoms with van der Waals surface area (Å²) < 4.78 is 33.4. The highest BCUT2D eigenvalue weighted by atomic mass is 32.2. The van der Waals surface area contributed by atoms with Gasteiger partial charge in [0.2, 0.25) is 10.0 Å². The summed E-state index contributed by atoms with van der Waals surface area (Å²) >= 11 is 0. The Morgan fingerprint density at radius 3 is 2.58 bits per heavy atom. The number of aromatic amines is 1. The molecule has 33 heavy (non-hydrogen) atoms. The minimum absolute atomic E-state index is 0.0362. The molecule has 1 aliphatic heterocycles. The van der Waals surface area contributed by atoms with Crippen LogP contribution in [0.15, 0.2) is 23.1 Å². The number of aromatic nitrogens is 1. The fourth-order valence-electron chi connectivity index (χ4n) is 4.78. The zero-order valence-corrected chi connectivity index (χ0v) is 20.4. The lowest BCUT2D eigenvalue weighted by Gasteiger charge is -2.28. The van der Waals surface area contributed by atoms with Gasteiger partial charge in [-0.3, -0.25) is 9.59 Å². The molecular formula is C24H31N3O5S. The molecule has 1 fully saturated rings. The number of ketones is 1. The largest absolute Gasteiger partial charge is 0.492 e. The van der Waals surface area contributed by atoms with Gasteiger partial charge in [-0.2, -0.15) is 4.31 Å². The Kier molecular flexibility index (Phi) is 6.13. The Balaban J connectivity index is 1.65. The molecule has 4 rings (SSSR count). The molecule has 0 atom stereocenters. The lowest BCUT2D eigenvalue weighted by molar-refractivity contribution is 0.0910. The number of rotatable bonds is 6. The molecular weight excluding hydrogens is 442 g/mol. The van der Waals surface area contributed by atoms with Crippen LogP contribution in [0.3, 0.4) is 0 Å². The number of fused-ring (bicyclic) bond motifs is 1. The van der Waals surface area contributed by atoms with Gasteiger partial charge in [-0.1, -0.05) is 13.8 Å². The molecule has 8 nitrogen and oxygen atoms in total. The number of ether oxygens (including phenoxy) is 1. The Morgan fingerprint density at radius 2 is 1.91 bits per heavy atom. The number of nitrogens with zero attached hydrogens (tertiary/aromatic N) is 1. The minimum Gasteiger partial charge on any atom is -0.492 e. The van der Waals surface area contributed by atoms with Gasteiger partial charge in [-0.05, 0) is 62.3 Å². The lowest BCUT2D eigenvalue weighted by atomic mass is 9.75. The first kappa shape index (κ1) is 23.5. The van der Waals surface area contributed by atoms with Crippen LogP contribution in [0.1, 0.15) is 72.1 Å². The standard InChI is InChI=1S/C24H31N3O5S/c1-5-32-19-9-8-16(12-20(19)33(30,31)27-10-6-7-11-27)25-23(29)22-15(2)21-17(26-22)13-24(3,4)14-18(21)28/h8-9,12,26H,5-7,10-11,13-14H2,1-4H3,(H,25,29). The van der Waals surface area contributed by atoms with Crippen molar-refractivity contribution in [3.8, 4) is 5.75 Å². The molecule has 0 radical (unpaired) electrons. The molecule has 0 bridgehead atoms. The molecule has 1 aromatic heterocycles. The van der Waals surface area contributed by atoms with Crippen LogP contribution in [-0.2, 0) is 16.4 Å². The van der Waals surface area contributed by atoms with E-state index in [9.17, 15) is 18.0 Å². The van der Waals surface area contributed by atoms with Crippen molar-refractivity contribution in [2.45, 2.75) is 58.3 Å². The van der Waals surface area contributed by atoms with Gasteiger partial charge in [0.15, 0.2) is 5.78 Å². The molecule has 2 N–H and O–H groups in total. The van der Waals surface area contributed by atoms with Crippen LogP contribution in [0.2, 0.25) is 0 Å². The van der Waals surface area contributed by atoms with Crippen LogP contribution in [0, 0.1) is 12.3 Å². The van der Waals surface area contributed by atoms with Crippen LogP contribution >= 0.6 is 0 Å². The highest BCUT2D eigenvalue weighted by molar-refractivity contribution is 7.89. The molecule has 0 spiro atoms. The molecule has 2 heterocycles. The van der Waals surface area contributed by atoms with Gasteiger partial charge in [0, 0.05) is 36.5 Å². The highest BCUT2D eigenvalue weighted by Crippen LogP contribution is 2.37. The number of sulfonamides is 1. The van der Waals surface area contributed by atoms with Crippen LogP contribution in [0.25, 0.3) is 0 Å². The number of anilines is 1. The van der Waals surface area contributed by atoms with Gasteiger partial charge < -0.3 is 15.0 Å². The van der Waals surface area contributed by atoms with E-state index in [0.717, 1.165) is 18.5 Å². The van der Waals surface area contributed by atoms with Crippen LogP contribution in [0.5, 0.6) is 5.75 Å². The maximum atomic E-state index is 13.2. The van der Waals surface area contributed by atoms with Crippen LogP contribution in [0.4, 0.5) is 5.69 Å².